The highest BCUT2D eigenvalue weighted by Gasteiger charge is 2.35. The first-order valence-electron chi connectivity index (χ1n) is 11.3. The van der Waals surface area contributed by atoms with Gasteiger partial charge in [0.15, 0.2) is 0 Å². The highest BCUT2D eigenvalue weighted by molar-refractivity contribution is 5.97. The maximum atomic E-state index is 13.0. The van der Waals surface area contributed by atoms with Gasteiger partial charge in [-0.2, -0.15) is 0 Å². The number of benzene rings is 3. The van der Waals surface area contributed by atoms with Gasteiger partial charge in [-0.3, -0.25) is 4.79 Å². The Morgan fingerprint density at radius 1 is 0.969 bits per heavy atom. The molecular formula is C28H27N3O. The molecule has 0 radical (unpaired) electrons. The third kappa shape index (κ3) is 3.84. The minimum absolute atomic E-state index is 0.0740. The second-order valence-corrected chi connectivity index (χ2v) is 8.27. The first-order chi connectivity index (χ1) is 15.7. The van der Waals surface area contributed by atoms with Gasteiger partial charge < -0.3 is 9.47 Å². The molecule has 4 aromatic rings. The molecule has 1 aromatic heterocycles. The van der Waals surface area contributed by atoms with Crippen molar-refractivity contribution in [2.24, 2.45) is 0 Å². The number of fused-ring (bicyclic) bond motifs is 1. The summed E-state index contributed by atoms with van der Waals surface area (Å²) in [6.45, 7) is 3.53. The van der Waals surface area contributed by atoms with Crippen LogP contribution in [0.1, 0.15) is 36.2 Å². The average molecular weight is 422 g/mol. The number of carbonyl (C=O) groups excluding carboxylic acids is 1. The Labute approximate surface area is 188 Å². The average Bonchev–Trinajstić information content (AvgIpc) is 3.40. The lowest BCUT2D eigenvalue weighted by molar-refractivity contribution is -0.117. The van der Waals surface area contributed by atoms with Gasteiger partial charge >= 0.3 is 0 Å². The van der Waals surface area contributed by atoms with Gasteiger partial charge in [0.25, 0.3) is 0 Å². The molecule has 2 heterocycles. The largest absolute Gasteiger partial charge is 0.324 e. The number of aromatic nitrogens is 2. The fraction of sp³-hybridized carbons (Fsp3) is 0.214. The predicted molar refractivity (Wildman–Crippen MR) is 131 cm³/mol. The van der Waals surface area contributed by atoms with Crippen LogP contribution < -0.4 is 4.90 Å². The number of para-hydroxylation sites is 3. The molecule has 160 valence electrons. The van der Waals surface area contributed by atoms with Crippen molar-refractivity contribution in [2.45, 2.75) is 32.2 Å². The van der Waals surface area contributed by atoms with E-state index in [-0.39, 0.29) is 11.8 Å². The van der Waals surface area contributed by atoms with Crippen molar-refractivity contribution < 1.29 is 4.79 Å². The SMILES string of the molecule is CCc1ccccc1N1CC(c2nc3ccccc3n2C/C=C/c2ccccc2)CC1=O. The third-order valence-corrected chi connectivity index (χ3v) is 6.24. The lowest BCUT2D eigenvalue weighted by Crippen LogP contribution is -2.25. The molecule has 0 N–H and O–H groups in total. The molecule has 0 saturated carbocycles. The number of allylic oxidation sites excluding steroid dienone is 1. The van der Waals surface area contributed by atoms with E-state index in [4.69, 9.17) is 4.98 Å². The third-order valence-electron chi connectivity index (χ3n) is 6.24. The minimum atomic E-state index is 0.0740. The van der Waals surface area contributed by atoms with E-state index in [0.717, 1.165) is 35.5 Å². The molecule has 0 aliphatic carbocycles. The molecule has 4 nitrogen and oxygen atoms in total. The van der Waals surface area contributed by atoms with Crippen molar-refractivity contribution in [3.8, 4) is 0 Å². The summed E-state index contributed by atoms with van der Waals surface area (Å²) in [5, 5.41) is 0. The predicted octanol–water partition coefficient (Wildman–Crippen LogP) is 5.83. The smallest absolute Gasteiger partial charge is 0.227 e. The molecule has 0 bridgehead atoms. The van der Waals surface area contributed by atoms with Crippen molar-refractivity contribution in [1.29, 1.82) is 0 Å². The zero-order valence-corrected chi connectivity index (χ0v) is 18.3. The van der Waals surface area contributed by atoms with Gasteiger partial charge in [0, 0.05) is 31.1 Å². The van der Waals surface area contributed by atoms with Gasteiger partial charge in [-0.25, -0.2) is 4.98 Å². The molecule has 5 rings (SSSR count). The number of anilines is 1. The standard InChI is InChI=1S/C28H27N3O/c1-2-22-14-6-8-16-25(22)31-20-23(19-27(31)32)28-29-24-15-7-9-17-26(24)30(28)18-10-13-21-11-4-3-5-12-21/h3-17,23H,2,18-20H2,1H3/b13-10+. The van der Waals surface area contributed by atoms with Gasteiger partial charge in [0.2, 0.25) is 5.91 Å². The lowest BCUT2D eigenvalue weighted by atomic mass is 10.1. The van der Waals surface area contributed by atoms with Crippen molar-refractivity contribution in [3.63, 3.8) is 0 Å². The number of hydrogen-bond acceptors (Lipinski definition) is 2. The summed E-state index contributed by atoms with van der Waals surface area (Å²) in [5.41, 5.74) is 5.52. The normalized spacial score (nSPS) is 16.5. The summed E-state index contributed by atoms with van der Waals surface area (Å²) < 4.78 is 2.27. The second kappa shape index (κ2) is 8.83. The van der Waals surface area contributed by atoms with Gasteiger partial charge in [-0.05, 0) is 35.7 Å². The van der Waals surface area contributed by atoms with Gasteiger partial charge in [-0.1, -0.05) is 79.7 Å². The fourth-order valence-corrected chi connectivity index (χ4v) is 4.64. The monoisotopic (exact) mass is 421 g/mol. The molecule has 1 saturated heterocycles. The van der Waals surface area contributed by atoms with Crippen LogP contribution in [-0.2, 0) is 17.8 Å². The quantitative estimate of drug-likeness (QED) is 0.393. The van der Waals surface area contributed by atoms with E-state index in [0.29, 0.717) is 13.0 Å². The summed E-state index contributed by atoms with van der Waals surface area (Å²) >= 11 is 0. The van der Waals surface area contributed by atoms with E-state index < -0.39 is 0 Å². The lowest BCUT2D eigenvalue weighted by Gasteiger charge is -2.20. The number of aryl methyl sites for hydroxylation is 1. The highest BCUT2D eigenvalue weighted by Crippen LogP contribution is 2.34. The number of amides is 1. The molecule has 1 amide bonds. The molecule has 1 atom stereocenters. The van der Waals surface area contributed by atoms with Gasteiger partial charge in [0.1, 0.15) is 5.82 Å². The van der Waals surface area contributed by atoms with Crippen LogP contribution in [0.2, 0.25) is 0 Å². The first-order valence-corrected chi connectivity index (χ1v) is 11.3. The Hall–Kier alpha value is -3.66. The molecule has 1 aliphatic rings. The van der Waals surface area contributed by atoms with Crippen LogP contribution in [0.4, 0.5) is 5.69 Å². The first kappa shape index (κ1) is 20.3. The van der Waals surface area contributed by atoms with Crippen molar-refractivity contribution >= 4 is 28.7 Å². The van der Waals surface area contributed by atoms with Gasteiger partial charge in [-0.15, -0.1) is 0 Å². The van der Waals surface area contributed by atoms with Gasteiger partial charge in [0.05, 0.1) is 11.0 Å². The molecule has 32 heavy (non-hydrogen) atoms. The van der Waals surface area contributed by atoms with E-state index in [2.05, 4.69) is 66.1 Å². The second-order valence-electron chi connectivity index (χ2n) is 8.27. The number of imidazole rings is 1. The summed E-state index contributed by atoms with van der Waals surface area (Å²) in [6.07, 6.45) is 5.72. The Balaban J connectivity index is 1.47. The fourth-order valence-electron chi connectivity index (χ4n) is 4.64. The maximum absolute atomic E-state index is 13.0. The van der Waals surface area contributed by atoms with Crippen LogP contribution in [-0.4, -0.2) is 22.0 Å². The topological polar surface area (TPSA) is 38.1 Å². The zero-order chi connectivity index (χ0) is 21.9. The zero-order valence-electron chi connectivity index (χ0n) is 18.3. The minimum Gasteiger partial charge on any atom is -0.324 e. The van der Waals surface area contributed by atoms with Crippen LogP contribution in [0.5, 0.6) is 0 Å². The van der Waals surface area contributed by atoms with E-state index in [1.54, 1.807) is 0 Å². The summed E-state index contributed by atoms with van der Waals surface area (Å²) in [4.78, 5) is 20.0. The number of hydrogen-bond donors (Lipinski definition) is 0. The number of carbonyl (C=O) groups is 1. The molecule has 1 unspecified atom stereocenters. The van der Waals surface area contributed by atoms with Crippen molar-refractivity contribution in [3.05, 3.63) is 102 Å². The van der Waals surface area contributed by atoms with Crippen LogP contribution >= 0.6 is 0 Å². The van der Waals surface area contributed by atoms with E-state index in [9.17, 15) is 4.79 Å². The van der Waals surface area contributed by atoms with E-state index in [1.165, 1.54) is 11.1 Å². The number of rotatable bonds is 6. The van der Waals surface area contributed by atoms with E-state index >= 15 is 0 Å². The van der Waals surface area contributed by atoms with Crippen LogP contribution in [0.3, 0.4) is 0 Å². The molecular weight excluding hydrogens is 394 g/mol. The highest BCUT2D eigenvalue weighted by atomic mass is 16.2. The Morgan fingerprint density at radius 3 is 2.56 bits per heavy atom. The summed E-state index contributed by atoms with van der Waals surface area (Å²) in [6, 6.07) is 26.8. The van der Waals surface area contributed by atoms with Crippen molar-refractivity contribution in [1.82, 2.24) is 9.55 Å². The summed E-state index contributed by atoms with van der Waals surface area (Å²) in [5.74, 6) is 1.24. The number of nitrogens with zero attached hydrogens (tertiary/aromatic N) is 3. The molecule has 4 heteroatoms. The summed E-state index contributed by atoms with van der Waals surface area (Å²) in [7, 11) is 0. The maximum Gasteiger partial charge on any atom is 0.227 e. The van der Waals surface area contributed by atoms with Crippen molar-refractivity contribution in [2.75, 3.05) is 11.4 Å². The molecule has 0 spiro atoms. The van der Waals surface area contributed by atoms with Crippen LogP contribution in [0.15, 0.2) is 84.9 Å². The van der Waals surface area contributed by atoms with Crippen LogP contribution in [0.25, 0.3) is 17.1 Å². The van der Waals surface area contributed by atoms with E-state index in [1.807, 2.05) is 41.3 Å². The molecule has 1 aliphatic heterocycles. The molecule has 1 fully saturated rings. The Kier molecular flexibility index (Phi) is 5.59. The Morgan fingerprint density at radius 2 is 1.72 bits per heavy atom. The Bertz CT molecular complexity index is 1270. The van der Waals surface area contributed by atoms with Crippen LogP contribution in [0, 0.1) is 0 Å². The molecule has 3 aromatic carbocycles.